The SMILES string of the molecule is OCC(SC(F)CC(F)(F)C(F)(F)C(F)(F)C(F)(F)C(F)(F)C(F)(F)C(F)(F)C(F)(F)F)C(CO)SC(F)CC(F)(F)C(F)(F)C(F)(F)C(F)(F)C(F)(F)C(F)(F)C(F)(F)C(F)(F)F. The Bertz CT molecular complexity index is 1450. The molecule has 0 saturated heterocycles. The molecule has 0 aliphatic carbocycles. The van der Waals surface area contributed by atoms with Gasteiger partial charge < -0.3 is 10.2 Å². The van der Waals surface area contributed by atoms with Gasteiger partial charge in [-0.1, -0.05) is 0 Å². The van der Waals surface area contributed by atoms with Gasteiger partial charge in [0.05, 0.1) is 26.1 Å². The lowest BCUT2D eigenvalue weighted by molar-refractivity contribution is -0.462. The maximum Gasteiger partial charge on any atom is 0.460 e. The molecule has 0 rings (SSSR count). The largest absolute Gasteiger partial charge is 0.460 e. The number of aliphatic hydroxyl groups excluding tert-OH is 2. The Morgan fingerprint density at radius 1 is 0.266 bits per heavy atom. The molecule has 0 radical (unpaired) electrons. The fraction of sp³-hybridized carbons (Fsp3) is 1.00. The number of hydrogen-bond acceptors (Lipinski definition) is 4. The molecule has 0 aliphatic heterocycles. The minimum atomic E-state index is -9.15. The van der Waals surface area contributed by atoms with E-state index < -0.39 is 166 Å². The smallest absolute Gasteiger partial charge is 0.395 e. The van der Waals surface area contributed by atoms with Crippen molar-refractivity contribution in [1.82, 2.24) is 0 Å². The molecule has 0 aliphatic rings. The van der Waals surface area contributed by atoms with Gasteiger partial charge in [-0.05, 0) is 0 Å². The van der Waals surface area contributed by atoms with Crippen LogP contribution in [0.15, 0.2) is 0 Å². The van der Waals surface area contributed by atoms with Crippen molar-refractivity contribution < 1.29 is 168 Å². The van der Waals surface area contributed by atoms with Crippen molar-refractivity contribution >= 4 is 23.5 Å². The van der Waals surface area contributed by atoms with Crippen LogP contribution in [0, 0.1) is 0 Å². The van der Waals surface area contributed by atoms with E-state index in [-0.39, 0.29) is 0 Å². The van der Waals surface area contributed by atoms with Gasteiger partial charge >= 0.3 is 95.3 Å². The topological polar surface area (TPSA) is 40.5 Å². The van der Waals surface area contributed by atoms with Crippen LogP contribution in [-0.2, 0) is 0 Å². The van der Waals surface area contributed by atoms with Crippen molar-refractivity contribution in [3.63, 3.8) is 0 Å². The highest BCUT2D eigenvalue weighted by molar-refractivity contribution is 8.04. The molecule has 0 aromatic heterocycles. The number of alkyl halides is 36. The van der Waals surface area contributed by atoms with Crippen LogP contribution in [0.5, 0.6) is 0 Å². The molecule has 2 N–H and O–H groups in total. The lowest BCUT2D eigenvalue weighted by atomic mass is 9.88. The lowest BCUT2D eigenvalue weighted by Crippen LogP contribution is -2.74. The van der Waals surface area contributed by atoms with Crippen LogP contribution in [0.1, 0.15) is 12.8 Å². The van der Waals surface area contributed by atoms with Gasteiger partial charge in [-0.3, -0.25) is 0 Å². The van der Waals surface area contributed by atoms with Gasteiger partial charge in [0.1, 0.15) is 0 Å². The standard InChI is InChI=1S/C24H14F36O2S2/c25-7(1-9(27,28)11(31,32)13(35,36)15(39,40)17(43,44)19(47,48)21(51,52)23(55,56)57)63-5(3-61)6(4-62)64-8(26)2-10(29,30)12(33,34)14(37,38)16(41,42)18(45,46)20(49,50)22(53,54)24(58,59)60/h5-8,61-62H,1-4H2. The minimum Gasteiger partial charge on any atom is -0.395 e. The van der Waals surface area contributed by atoms with Gasteiger partial charge in [-0.25, -0.2) is 8.78 Å². The first-order chi connectivity index (χ1) is 27.4. The van der Waals surface area contributed by atoms with E-state index in [0.717, 1.165) is 0 Å². The molecule has 0 aromatic rings. The molecule has 0 heterocycles. The van der Waals surface area contributed by atoms with E-state index in [1.807, 2.05) is 0 Å². The van der Waals surface area contributed by atoms with E-state index in [9.17, 15) is 168 Å². The molecule has 2 nitrogen and oxygen atoms in total. The highest BCUT2D eigenvalue weighted by Gasteiger charge is 2.97. The molecule has 4 atom stereocenters. The Hall–Kier alpha value is -1.90. The van der Waals surface area contributed by atoms with E-state index >= 15 is 0 Å². The molecule has 0 saturated carbocycles. The van der Waals surface area contributed by atoms with Crippen LogP contribution in [0.25, 0.3) is 0 Å². The first-order valence-electron chi connectivity index (χ1n) is 14.6. The molecule has 64 heavy (non-hydrogen) atoms. The summed E-state index contributed by atoms with van der Waals surface area (Å²) in [5.74, 6) is -122. The molecular weight excluding hydrogens is 1070 g/mol. The van der Waals surface area contributed by atoms with Crippen LogP contribution < -0.4 is 0 Å². The summed E-state index contributed by atoms with van der Waals surface area (Å²) >= 11 is -3.03. The van der Waals surface area contributed by atoms with Crippen LogP contribution in [0.3, 0.4) is 0 Å². The van der Waals surface area contributed by atoms with Crippen molar-refractivity contribution in [2.45, 2.75) is 130 Å². The zero-order valence-electron chi connectivity index (χ0n) is 28.5. The van der Waals surface area contributed by atoms with E-state index in [1.54, 1.807) is 0 Å². The van der Waals surface area contributed by atoms with Crippen molar-refractivity contribution in [2.75, 3.05) is 13.2 Å². The maximum atomic E-state index is 14.4. The van der Waals surface area contributed by atoms with E-state index in [2.05, 4.69) is 0 Å². The van der Waals surface area contributed by atoms with Crippen molar-refractivity contribution in [3.8, 4) is 0 Å². The molecule has 0 bridgehead atoms. The monoisotopic (exact) mass is 1080 g/mol. The summed E-state index contributed by atoms with van der Waals surface area (Å²) in [7, 11) is 0. The summed E-state index contributed by atoms with van der Waals surface area (Å²) in [5.41, 5.74) is -8.86. The molecule has 0 fully saturated rings. The fourth-order valence-corrected chi connectivity index (χ4v) is 6.47. The normalized spacial score (nSPS) is 18.3. The number of aliphatic hydroxyl groups is 2. The average molecular weight is 1080 g/mol. The van der Waals surface area contributed by atoms with Gasteiger partial charge in [0.2, 0.25) is 0 Å². The zero-order chi connectivity index (χ0) is 52.6. The van der Waals surface area contributed by atoms with Gasteiger partial charge in [-0.2, -0.15) is 149 Å². The van der Waals surface area contributed by atoms with Gasteiger partial charge in [-0.15, -0.1) is 23.5 Å². The zero-order valence-corrected chi connectivity index (χ0v) is 30.1. The molecule has 0 amide bonds. The average Bonchev–Trinajstić information content (AvgIpc) is 3.07. The predicted octanol–water partition coefficient (Wildman–Crippen LogP) is 12.6. The molecular formula is C24H14F36O2S2. The molecule has 0 spiro atoms. The second-order valence-electron chi connectivity index (χ2n) is 12.2. The summed E-state index contributed by atoms with van der Waals surface area (Å²) in [5, 5.41) is 12.3. The number of hydrogen-bond donors (Lipinski definition) is 2. The summed E-state index contributed by atoms with van der Waals surface area (Å²) in [4.78, 5) is 0. The van der Waals surface area contributed by atoms with Crippen LogP contribution in [0.4, 0.5) is 158 Å². The fourth-order valence-electron chi connectivity index (χ4n) is 4.02. The van der Waals surface area contributed by atoms with E-state index in [1.165, 1.54) is 0 Å². The first-order valence-corrected chi connectivity index (χ1v) is 16.5. The van der Waals surface area contributed by atoms with Crippen LogP contribution in [0.2, 0.25) is 0 Å². The molecule has 0 aromatic carbocycles. The predicted molar refractivity (Wildman–Crippen MR) is 137 cm³/mol. The second kappa shape index (κ2) is 17.6. The molecule has 386 valence electrons. The highest BCUT2D eigenvalue weighted by atomic mass is 32.2. The Morgan fingerprint density at radius 3 is 0.578 bits per heavy atom. The van der Waals surface area contributed by atoms with Crippen molar-refractivity contribution in [3.05, 3.63) is 0 Å². The quantitative estimate of drug-likeness (QED) is 0.100. The number of rotatable bonds is 23. The van der Waals surface area contributed by atoms with Crippen LogP contribution >= 0.6 is 23.5 Å². The molecule has 4 unspecified atom stereocenters. The lowest BCUT2D eigenvalue weighted by Gasteiger charge is -2.43. The summed E-state index contributed by atoms with van der Waals surface area (Å²) in [6, 6.07) is 0. The number of thioether (sulfide) groups is 2. The highest BCUT2D eigenvalue weighted by Crippen LogP contribution is 2.66. The van der Waals surface area contributed by atoms with Crippen molar-refractivity contribution in [2.24, 2.45) is 0 Å². The van der Waals surface area contributed by atoms with Gasteiger partial charge in [0, 0.05) is 10.5 Å². The Balaban J connectivity index is 6.62. The second-order valence-corrected chi connectivity index (χ2v) is 15.0. The third-order valence-electron chi connectivity index (χ3n) is 7.83. The molecule has 40 heteroatoms. The van der Waals surface area contributed by atoms with Crippen molar-refractivity contribution in [1.29, 1.82) is 0 Å². The van der Waals surface area contributed by atoms with Gasteiger partial charge in [0.25, 0.3) is 0 Å². The summed E-state index contributed by atoms with van der Waals surface area (Å²) in [6.45, 7) is -4.46. The maximum absolute atomic E-state index is 14.4. The Morgan fingerprint density at radius 2 is 0.422 bits per heavy atom. The van der Waals surface area contributed by atoms with E-state index in [4.69, 9.17) is 0 Å². The third kappa shape index (κ3) is 9.32. The van der Waals surface area contributed by atoms with Crippen LogP contribution in [-0.4, -0.2) is 140 Å². The Kier molecular flexibility index (Phi) is 17.0. The third-order valence-corrected chi connectivity index (χ3v) is 10.6. The van der Waals surface area contributed by atoms with Gasteiger partial charge in [0.15, 0.2) is 11.0 Å². The first kappa shape index (κ1) is 62.1. The summed E-state index contributed by atoms with van der Waals surface area (Å²) < 4.78 is 485. The summed E-state index contributed by atoms with van der Waals surface area (Å²) in [6.07, 6.45) is -24.2. The Labute approximate surface area is 335 Å². The number of halogens is 36. The van der Waals surface area contributed by atoms with E-state index in [0.29, 0.717) is 0 Å². The minimum absolute atomic E-state index is 1.52.